The van der Waals surface area contributed by atoms with Gasteiger partial charge in [-0.2, -0.15) is 0 Å². The molecule has 4 aromatic carbocycles. The number of aliphatic hydroxyl groups is 1. The zero-order chi connectivity index (χ0) is 36.1. The number of benzene rings is 4. The van der Waals surface area contributed by atoms with Gasteiger partial charge in [0.2, 0.25) is 0 Å². The molecule has 0 saturated carbocycles. The Morgan fingerprint density at radius 3 is 1.54 bits per heavy atom. The predicted molar refractivity (Wildman–Crippen MR) is 195 cm³/mol. The first kappa shape index (κ1) is 37.0. The van der Waals surface area contributed by atoms with Crippen LogP contribution in [0.25, 0.3) is 11.1 Å². The number of hydrogen-bond donors (Lipinski definition) is 1. The Morgan fingerprint density at radius 2 is 1.06 bits per heavy atom. The van der Waals surface area contributed by atoms with E-state index in [2.05, 4.69) is 6.92 Å². The number of unbranched alkanes of at least 4 members (excludes halogenated alkanes) is 2. The molecular formula is C42H46O10. The first-order valence-corrected chi connectivity index (χ1v) is 18.0. The summed E-state index contributed by atoms with van der Waals surface area (Å²) in [6.45, 7) is 6.71. The van der Waals surface area contributed by atoms with Crippen molar-refractivity contribution in [2.24, 2.45) is 0 Å². The standard InChI is InChI=1S/C42H46O10/c1-29-39-25-34(51-41(44)30-7-11-32(12-8-30)48-23-4-2-20-46-22-6-19-43)15-17-37(39)38-18-16-35(26-40(29)38)52-42(45)31-9-13-33(14-10-31)49-24-5-3-21-47-27-36-28-50-36/h7-18,25-26,29,36,43H,2-6,19-24,27-28H2,1H3. The van der Waals surface area contributed by atoms with Crippen molar-refractivity contribution in [2.75, 3.05) is 52.9 Å². The van der Waals surface area contributed by atoms with E-state index in [0.717, 1.165) is 54.5 Å². The Morgan fingerprint density at radius 1 is 0.615 bits per heavy atom. The fourth-order valence-electron chi connectivity index (χ4n) is 5.93. The average Bonchev–Trinajstić information content (AvgIpc) is 3.96. The zero-order valence-corrected chi connectivity index (χ0v) is 29.6. The summed E-state index contributed by atoms with van der Waals surface area (Å²) in [6.07, 6.45) is 4.44. The van der Waals surface area contributed by atoms with E-state index in [1.54, 1.807) is 60.7 Å². The summed E-state index contributed by atoms with van der Waals surface area (Å²) in [5, 5.41) is 8.78. The molecule has 1 saturated heterocycles. The Kier molecular flexibility index (Phi) is 13.3. The first-order valence-electron chi connectivity index (χ1n) is 18.0. The highest BCUT2D eigenvalue weighted by Gasteiger charge is 2.27. The molecule has 1 aliphatic heterocycles. The molecule has 6 rings (SSSR count). The molecule has 0 amide bonds. The van der Waals surface area contributed by atoms with E-state index in [4.69, 9.17) is 38.3 Å². The third kappa shape index (κ3) is 10.4. The molecule has 0 radical (unpaired) electrons. The van der Waals surface area contributed by atoms with Gasteiger partial charge in [-0.05, 0) is 127 Å². The van der Waals surface area contributed by atoms with E-state index in [0.29, 0.717) is 80.2 Å². The van der Waals surface area contributed by atoms with E-state index in [1.165, 1.54) is 0 Å². The Balaban J connectivity index is 0.957. The number of ether oxygens (including phenoxy) is 7. The molecule has 1 N–H and O–H groups in total. The van der Waals surface area contributed by atoms with E-state index >= 15 is 0 Å². The second-order valence-electron chi connectivity index (χ2n) is 12.9. The maximum absolute atomic E-state index is 13.0. The summed E-state index contributed by atoms with van der Waals surface area (Å²) in [6, 6.07) is 25.2. The molecule has 52 heavy (non-hydrogen) atoms. The van der Waals surface area contributed by atoms with Crippen LogP contribution < -0.4 is 18.9 Å². The molecule has 2 unspecified atom stereocenters. The maximum Gasteiger partial charge on any atom is 0.343 e. The van der Waals surface area contributed by atoms with Crippen LogP contribution in [0.15, 0.2) is 84.9 Å². The maximum atomic E-state index is 13.0. The third-order valence-electron chi connectivity index (χ3n) is 8.93. The van der Waals surface area contributed by atoms with Gasteiger partial charge in [-0.15, -0.1) is 0 Å². The number of esters is 2. The van der Waals surface area contributed by atoms with Gasteiger partial charge in [0.25, 0.3) is 0 Å². The molecule has 1 aliphatic carbocycles. The molecule has 0 spiro atoms. The molecule has 274 valence electrons. The normalized spacial score (nSPS) is 15.4. The van der Waals surface area contributed by atoms with Crippen molar-refractivity contribution in [2.45, 2.75) is 51.0 Å². The van der Waals surface area contributed by atoms with Gasteiger partial charge in [-0.25, -0.2) is 9.59 Å². The molecule has 0 bridgehead atoms. The van der Waals surface area contributed by atoms with Crippen molar-refractivity contribution < 1.29 is 47.9 Å². The highest BCUT2D eigenvalue weighted by molar-refractivity contribution is 5.92. The quantitative estimate of drug-likeness (QED) is 0.0406. The van der Waals surface area contributed by atoms with Crippen molar-refractivity contribution >= 4 is 11.9 Å². The van der Waals surface area contributed by atoms with Gasteiger partial charge in [0.15, 0.2) is 0 Å². The molecular weight excluding hydrogens is 664 g/mol. The molecule has 2 aliphatic rings. The third-order valence-corrected chi connectivity index (χ3v) is 8.93. The van der Waals surface area contributed by atoms with Crippen LogP contribution in [0.2, 0.25) is 0 Å². The topological polar surface area (TPSA) is 122 Å². The number of carbonyl (C=O) groups is 2. The second kappa shape index (κ2) is 18.7. The molecule has 0 aromatic heterocycles. The predicted octanol–water partition coefficient (Wildman–Crippen LogP) is 7.39. The van der Waals surface area contributed by atoms with Crippen molar-refractivity contribution in [3.05, 3.63) is 107 Å². The van der Waals surface area contributed by atoms with Gasteiger partial charge in [-0.3, -0.25) is 0 Å². The van der Waals surface area contributed by atoms with Gasteiger partial charge in [0.1, 0.15) is 29.1 Å². The summed E-state index contributed by atoms with van der Waals surface area (Å²) >= 11 is 0. The highest BCUT2D eigenvalue weighted by Crippen LogP contribution is 2.47. The number of carbonyl (C=O) groups excluding carboxylic acids is 2. The van der Waals surface area contributed by atoms with Crippen LogP contribution in [0.5, 0.6) is 23.0 Å². The second-order valence-corrected chi connectivity index (χ2v) is 12.9. The summed E-state index contributed by atoms with van der Waals surface area (Å²) in [5.74, 6) is 1.39. The zero-order valence-electron chi connectivity index (χ0n) is 29.6. The fourth-order valence-corrected chi connectivity index (χ4v) is 5.93. The average molecular weight is 711 g/mol. The van der Waals surface area contributed by atoms with Crippen LogP contribution in [-0.4, -0.2) is 76.0 Å². The SMILES string of the molecule is CC1c2cc(OC(=O)c3ccc(OCCCCOCCCO)cc3)ccc2-c2ccc(OC(=O)c3ccc(OCCCCOCC4CO4)cc3)cc21. The van der Waals surface area contributed by atoms with Crippen LogP contribution in [0, 0.1) is 0 Å². The van der Waals surface area contributed by atoms with Crippen LogP contribution >= 0.6 is 0 Å². The fraction of sp³-hybridized carbons (Fsp3) is 0.381. The lowest BCUT2D eigenvalue weighted by Gasteiger charge is -2.11. The molecule has 10 nitrogen and oxygen atoms in total. The van der Waals surface area contributed by atoms with Crippen LogP contribution in [0.4, 0.5) is 0 Å². The Hall–Kier alpha value is -4.74. The van der Waals surface area contributed by atoms with Crippen molar-refractivity contribution in [1.82, 2.24) is 0 Å². The lowest BCUT2D eigenvalue weighted by Crippen LogP contribution is -2.09. The number of aliphatic hydroxyl groups excluding tert-OH is 1. The van der Waals surface area contributed by atoms with Crippen LogP contribution in [0.3, 0.4) is 0 Å². The van der Waals surface area contributed by atoms with Crippen molar-refractivity contribution in [3.63, 3.8) is 0 Å². The number of epoxide rings is 1. The number of hydrogen-bond acceptors (Lipinski definition) is 10. The molecule has 2 atom stereocenters. The van der Waals surface area contributed by atoms with E-state index in [9.17, 15) is 9.59 Å². The Labute approximate surface area is 304 Å². The number of rotatable bonds is 21. The van der Waals surface area contributed by atoms with Gasteiger partial charge in [0.05, 0.1) is 37.6 Å². The monoisotopic (exact) mass is 710 g/mol. The summed E-state index contributed by atoms with van der Waals surface area (Å²) in [5.41, 5.74) is 5.02. The van der Waals surface area contributed by atoms with Crippen LogP contribution in [0.1, 0.15) is 76.8 Å². The lowest BCUT2D eigenvalue weighted by molar-refractivity contribution is 0.0725. The summed E-state index contributed by atoms with van der Waals surface area (Å²) in [4.78, 5) is 25.9. The number of fused-ring (bicyclic) bond motifs is 3. The van der Waals surface area contributed by atoms with Crippen molar-refractivity contribution in [1.29, 1.82) is 0 Å². The first-order chi connectivity index (χ1) is 25.5. The minimum atomic E-state index is -0.454. The van der Waals surface area contributed by atoms with Gasteiger partial charge >= 0.3 is 11.9 Å². The van der Waals surface area contributed by atoms with Gasteiger partial charge in [0, 0.05) is 32.3 Å². The van der Waals surface area contributed by atoms with Gasteiger partial charge in [-0.1, -0.05) is 19.1 Å². The van der Waals surface area contributed by atoms with Crippen molar-refractivity contribution in [3.8, 4) is 34.1 Å². The van der Waals surface area contributed by atoms with E-state index in [1.807, 2.05) is 24.3 Å². The van der Waals surface area contributed by atoms with E-state index in [-0.39, 0.29) is 18.6 Å². The minimum absolute atomic E-state index is 0.000971. The Bertz CT molecular complexity index is 1760. The van der Waals surface area contributed by atoms with E-state index < -0.39 is 11.9 Å². The molecule has 4 aromatic rings. The molecule has 10 heteroatoms. The summed E-state index contributed by atoms with van der Waals surface area (Å²) in [7, 11) is 0. The largest absolute Gasteiger partial charge is 0.494 e. The van der Waals surface area contributed by atoms with Crippen LogP contribution in [-0.2, 0) is 14.2 Å². The molecule has 1 heterocycles. The van der Waals surface area contributed by atoms with Gasteiger partial charge < -0.3 is 38.3 Å². The lowest BCUT2D eigenvalue weighted by atomic mass is 9.99. The smallest absolute Gasteiger partial charge is 0.343 e. The minimum Gasteiger partial charge on any atom is -0.494 e. The highest BCUT2D eigenvalue weighted by atomic mass is 16.6. The summed E-state index contributed by atoms with van der Waals surface area (Å²) < 4.78 is 39.2. The molecule has 1 fully saturated rings.